The highest BCUT2D eigenvalue weighted by Gasteiger charge is 2.19. The molecule has 3 nitrogen and oxygen atoms in total. The summed E-state index contributed by atoms with van der Waals surface area (Å²) in [6.07, 6.45) is 0.969. The van der Waals surface area contributed by atoms with Crippen molar-refractivity contribution >= 4 is 29.0 Å². The summed E-state index contributed by atoms with van der Waals surface area (Å²) in [4.78, 5) is 14.1. The van der Waals surface area contributed by atoms with Gasteiger partial charge in [-0.25, -0.2) is 0 Å². The van der Waals surface area contributed by atoms with Gasteiger partial charge in [0.25, 0.3) is 0 Å². The van der Waals surface area contributed by atoms with Crippen LogP contribution >= 0.6 is 23.1 Å². The fraction of sp³-hybridized carbons (Fsp3) is 0.615. The predicted octanol–water partition coefficient (Wildman–Crippen LogP) is 2.70. The lowest BCUT2D eigenvalue weighted by atomic mass is 10.2. The van der Waals surface area contributed by atoms with Gasteiger partial charge in [-0.3, -0.25) is 4.79 Å². The van der Waals surface area contributed by atoms with Crippen molar-refractivity contribution in [1.82, 2.24) is 5.32 Å². The van der Waals surface area contributed by atoms with Crippen LogP contribution in [0, 0.1) is 6.92 Å². The fourth-order valence-electron chi connectivity index (χ4n) is 1.58. The van der Waals surface area contributed by atoms with Crippen molar-refractivity contribution in [2.75, 3.05) is 12.3 Å². The number of rotatable bonds is 7. The second-order valence-corrected chi connectivity index (χ2v) is 6.84. The first-order chi connectivity index (χ1) is 8.54. The van der Waals surface area contributed by atoms with Gasteiger partial charge in [0.05, 0.1) is 11.0 Å². The third kappa shape index (κ3) is 5.00. The maximum Gasteiger partial charge on any atom is 0.230 e. The molecule has 0 radical (unpaired) electrons. The largest absolute Gasteiger partial charge is 0.355 e. The molecule has 0 spiro atoms. The molecule has 18 heavy (non-hydrogen) atoms. The Balaban J connectivity index is 2.52. The van der Waals surface area contributed by atoms with Crippen LogP contribution in [0.25, 0.3) is 0 Å². The van der Waals surface area contributed by atoms with Crippen LogP contribution in [0.1, 0.15) is 35.3 Å². The lowest BCUT2D eigenvalue weighted by molar-refractivity contribution is -0.118. The van der Waals surface area contributed by atoms with Gasteiger partial charge < -0.3 is 11.1 Å². The Hall–Kier alpha value is -0.520. The number of hydrogen-bond acceptors (Lipinski definition) is 4. The van der Waals surface area contributed by atoms with E-state index in [9.17, 15) is 4.79 Å². The average molecular weight is 286 g/mol. The Labute approximate surface area is 118 Å². The van der Waals surface area contributed by atoms with Crippen molar-refractivity contribution in [1.29, 1.82) is 0 Å². The van der Waals surface area contributed by atoms with Gasteiger partial charge in [-0.2, -0.15) is 0 Å². The molecular formula is C13H22N2OS2. The smallest absolute Gasteiger partial charge is 0.230 e. The topological polar surface area (TPSA) is 55.1 Å². The van der Waals surface area contributed by atoms with E-state index < -0.39 is 0 Å². The highest BCUT2D eigenvalue weighted by Crippen LogP contribution is 2.35. The van der Waals surface area contributed by atoms with Crippen molar-refractivity contribution in [2.45, 2.75) is 38.5 Å². The Morgan fingerprint density at radius 2 is 2.28 bits per heavy atom. The van der Waals surface area contributed by atoms with Crippen LogP contribution in [-0.2, 0) is 4.79 Å². The summed E-state index contributed by atoms with van der Waals surface area (Å²) in [6, 6.07) is 4.27. The summed E-state index contributed by atoms with van der Waals surface area (Å²) in [5.41, 5.74) is 6.02. The summed E-state index contributed by atoms with van der Waals surface area (Å²) in [7, 11) is 0. The fourth-order valence-corrected chi connectivity index (χ4v) is 3.88. The molecule has 3 N–H and O–H groups in total. The molecule has 2 atom stereocenters. The van der Waals surface area contributed by atoms with E-state index >= 15 is 0 Å². The van der Waals surface area contributed by atoms with E-state index in [0.717, 1.165) is 13.0 Å². The molecule has 1 amide bonds. The molecule has 1 rings (SSSR count). The minimum atomic E-state index is 0.0482. The number of thioether (sulfide) groups is 1. The molecule has 0 aromatic carbocycles. The Kier molecular flexibility index (Phi) is 6.75. The molecule has 0 aliphatic heterocycles. The van der Waals surface area contributed by atoms with Gasteiger partial charge in [0.15, 0.2) is 0 Å². The van der Waals surface area contributed by atoms with E-state index in [1.54, 1.807) is 23.1 Å². The molecule has 0 saturated heterocycles. The van der Waals surface area contributed by atoms with E-state index in [0.29, 0.717) is 5.75 Å². The lowest BCUT2D eigenvalue weighted by Gasteiger charge is -2.18. The first kappa shape index (κ1) is 15.5. The Morgan fingerprint density at radius 1 is 1.56 bits per heavy atom. The van der Waals surface area contributed by atoms with Gasteiger partial charge in [-0.05, 0) is 32.4 Å². The summed E-state index contributed by atoms with van der Waals surface area (Å²) >= 11 is 3.39. The van der Waals surface area contributed by atoms with Crippen LogP contribution in [0.3, 0.4) is 0 Å². The van der Waals surface area contributed by atoms with Gasteiger partial charge in [-0.1, -0.05) is 6.92 Å². The monoisotopic (exact) mass is 286 g/mol. The number of carbonyl (C=O) groups excluding carboxylic acids is 1. The minimum Gasteiger partial charge on any atom is -0.355 e. The van der Waals surface area contributed by atoms with Crippen LogP contribution in [0.5, 0.6) is 0 Å². The second-order valence-electron chi connectivity index (χ2n) is 4.39. The SMILES string of the molecule is CCCNC(=O)CSC(c1ccc(C)s1)C(C)N. The number of nitrogens with one attached hydrogen (secondary N) is 1. The van der Waals surface area contributed by atoms with E-state index in [-0.39, 0.29) is 17.2 Å². The molecule has 1 aromatic heterocycles. The van der Waals surface area contributed by atoms with E-state index in [2.05, 4.69) is 24.4 Å². The molecular weight excluding hydrogens is 264 g/mol. The number of aryl methyl sites for hydroxylation is 1. The average Bonchev–Trinajstić information content (AvgIpc) is 2.73. The standard InChI is InChI=1S/C13H22N2OS2/c1-4-7-15-12(16)8-17-13(10(3)14)11-6-5-9(2)18-11/h5-6,10,13H,4,7-8,14H2,1-3H3,(H,15,16). The van der Waals surface area contributed by atoms with Crippen LogP contribution in [0.4, 0.5) is 0 Å². The number of hydrogen-bond donors (Lipinski definition) is 2. The molecule has 0 bridgehead atoms. The lowest BCUT2D eigenvalue weighted by Crippen LogP contribution is -2.28. The molecule has 1 aromatic rings. The maximum absolute atomic E-state index is 11.6. The van der Waals surface area contributed by atoms with Crippen LogP contribution in [0.15, 0.2) is 12.1 Å². The van der Waals surface area contributed by atoms with E-state index in [1.165, 1.54) is 9.75 Å². The van der Waals surface area contributed by atoms with Crippen molar-refractivity contribution in [3.63, 3.8) is 0 Å². The Bertz CT molecular complexity index is 377. The molecule has 2 unspecified atom stereocenters. The van der Waals surface area contributed by atoms with Gasteiger partial charge in [-0.15, -0.1) is 23.1 Å². The van der Waals surface area contributed by atoms with E-state index in [1.807, 2.05) is 13.8 Å². The summed E-state index contributed by atoms with van der Waals surface area (Å²) in [6.45, 7) is 6.88. The zero-order valence-corrected chi connectivity index (χ0v) is 12.9. The molecule has 5 heteroatoms. The molecule has 0 aliphatic carbocycles. The first-order valence-electron chi connectivity index (χ1n) is 6.24. The van der Waals surface area contributed by atoms with Gasteiger partial charge in [0.2, 0.25) is 5.91 Å². The zero-order valence-electron chi connectivity index (χ0n) is 11.2. The first-order valence-corrected chi connectivity index (χ1v) is 8.11. The van der Waals surface area contributed by atoms with Crippen molar-refractivity contribution < 1.29 is 4.79 Å². The summed E-state index contributed by atoms with van der Waals surface area (Å²) in [5.74, 6) is 0.573. The second kappa shape index (κ2) is 7.81. The normalized spacial score (nSPS) is 14.2. The minimum absolute atomic E-state index is 0.0482. The van der Waals surface area contributed by atoms with Crippen molar-refractivity contribution in [3.05, 3.63) is 21.9 Å². The number of nitrogens with two attached hydrogens (primary N) is 1. The van der Waals surface area contributed by atoms with Crippen LogP contribution < -0.4 is 11.1 Å². The number of thiophene rings is 1. The molecule has 0 fully saturated rings. The third-order valence-electron chi connectivity index (χ3n) is 2.49. The third-order valence-corrected chi connectivity index (χ3v) is 5.19. The summed E-state index contributed by atoms with van der Waals surface area (Å²) < 4.78 is 0. The van der Waals surface area contributed by atoms with Crippen molar-refractivity contribution in [3.8, 4) is 0 Å². The highest BCUT2D eigenvalue weighted by molar-refractivity contribution is 8.00. The predicted molar refractivity (Wildman–Crippen MR) is 81.2 cm³/mol. The number of amides is 1. The zero-order chi connectivity index (χ0) is 13.5. The van der Waals surface area contributed by atoms with Crippen LogP contribution in [0.2, 0.25) is 0 Å². The van der Waals surface area contributed by atoms with Crippen molar-refractivity contribution in [2.24, 2.45) is 5.73 Å². The van der Waals surface area contributed by atoms with Gasteiger partial charge >= 0.3 is 0 Å². The van der Waals surface area contributed by atoms with Gasteiger partial charge in [0.1, 0.15) is 0 Å². The summed E-state index contributed by atoms with van der Waals surface area (Å²) in [5, 5.41) is 3.09. The highest BCUT2D eigenvalue weighted by atomic mass is 32.2. The van der Waals surface area contributed by atoms with Crippen LogP contribution in [-0.4, -0.2) is 24.2 Å². The maximum atomic E-state index is 11.6. The molecule has 0 aliphatic rings. The molecule has 1 heterocycles. The number of carbonyl (C=O) groups is 1. The molecule has 0 saturated carbocycles. The quantitative estimate of drug-likeness (QED) is 0.810. The molecule has 102 valence electrons. The van der Waals surface area contributed by atoms with Gasteiger partial charge in [0, 0.05) is 22.3 Å². The Morgan fingerprint density at radius 3 is 2.78 bits per heavy atom. The van der Waals surface area contributed by atoms with E-state index in [4.69, 9.17) is 5.73 Å².